The van der Waals surface area contributed by atoms with Crippen molar-refractivity contribution in [1.29, 1.82) is 0 Å². The number of esters is 1. The molecule has 0 saturated heterocycles. The fourth-order valence-corrected chi connectivity index (χ4v) is 3.16. The van der Waals surface area contributed by atoms with E-state index in [9.17, 15) is 14.7 Å². The smallest absolute Gasteiger partial charge is 0.338 e. The lowest BCUT2D eigenvalue weighted by atomic mass is 10.2. The van der Waals surface area contributed by atoms with E-state index in [1.165, 1.54) is 47.4 Å². The average molecular weight is 368 g/mol. The number of benzene rings is 2. The number of phenols is 1. The van der Waals surface area contributed by atoms with Gasteiger partial charge in [-0.1, -0.05) is 18.2 Å². The fraction of sp³-hybridized carbons (Fsp3) is 0.105. The van der Waals surface area contributed by atoms with Crippen LogP contribution in [0.5, 0.6) is 5.75 Å². The molecule has 1 amide bonds. The summed E-state index contributed by atoms with van der Waals surface area (Å²) < 4.78 is 5.23. The molecule has 1 heterocycles. The molecular weight excluding hydrogens is 352 g/mol. The number of hydrogen-bond acceptors (Lipinski definition) is 6. The van der Waals surface area contributed by atoms with Crippen molar-refractivity contribution in [1.82, 2.24) is 4.98 Å². The summed E-state index contributed by atoms with van der Waals surface area (Å²) in [4.78, 5) is 29.9. The Hall–Kier alpha value is -3.19. The SMILES string of the molecule is CC(=O)N(c1ccccc1)c1nc(COC(=O)c2ccc(O)cc2)cs1. The van der Waals surface area contributed by atoms with Gasteiger partial charge in [-0.25, -0.2) is 9.78 Å². The summed E-state index contributed by atoms with van der Waals surface area (Å²) in [7, 11) is 0. The Bertz CT molecular complexity index is 907. The topological polar surface area (TPSA) is 79.7 Å². The summed E-state index contributed by atoms with van der Waals surface area (Å²) in [6.45, 7) is 1.47. The maximum Gasteiger partial charge on any atom is 0.338 e. The number of para-hydroxylation sites is 1. The first-order chi connectivity index (χ1) is 12.5. The molecule has 0 aliphatic carbocycles. The van der Waals surface area contributed by atoms with Crippen molar-refractivity contribution in [2.24, 2.45) is 0 Å². The van der Waals surface area contributed by atoms with E-state index >= 15 is 0 Å². The molecule has 0 spiro atoms. The molecule has 2 aromatic carbocycles. The van der Waals surface area contributed by atoms with Crippen LogP contribution >= 0.6 is 11.3 Å². The zero-order chi connectivity index (χ0) is 18.5. The van der Waals surface area contributed by atoms with Crippen molar-refractivity contribution in [2.45, 2.75) is 13.5 Å². The molecule has 132 valence electrons. The van der Waals surface area contributed by atoms with E-state index in [0.29, 0.717) is 16.4 Å². The van der Waals surface area contributed by atoms with E-state index in [4.69, 9.17) is 4.74 Å². The molecule has 3 aromatic rings. The number of aromatic hydroxyl groups is 1. The van der Waals surface area contributed by atoms with Crippen LogP contribution in [0.25, 0.3) is 0 Å². The van der Waals surface area contributed by atoms with Crippen molar-refractivity contribution >= 4 is 34.0 Å². The zero-order valence-electron chi connectivity index (χ0n) is 14.0. The molecule has 0 saturated carbocycles. The number of aromatic nitrogens is 1. The van der Waals surface area contributed by atoms with Crippen molar-refractivity contribution < 1.29 is 19.4 Å². The van der Waals surface area contributed by atoms with Crippen molar-refractivity contribution in [3.8, 4) is 5.75 Å². The fourth-order valence-electron chi connectivity index (χ4n) is 2.29. The van der Waals surface area contributed by atoms with E-state index in [1.54, 1.807) is 5.38 Å². The molecule has 0 aliphatic rings. The minimum atomic E-state index is -0.508. The predicted octanol–water partition coefficient (Wildman–Crippen LogP) is 3.89. The lowest BCUT2D eigenvalue weighted by Gasteiger charge is -2.17. The van der Waals surface area contributed by atoms with Gasteiger partial charge in [0.15, 0.2) is 5.13 Å². The number of hydrogen-bond donors (Lipinski definition) is 1. The normalized spacial score (nSPS) is 10.3. The molecule has 0 atom stereocenters. The number of ether oxygens (including phenoxy) is 1. The van der Waals surface area contributed by atoms with Gasteiger partial charge in [-0.2, -0.15) is 0 Å². The van der Waals surface area contributed by atoms with Crippen LogP contribution in [0.1, 0.15) is 23.0 Å². The molecule has 26 heavy (non-hydrogen) atoms. The van der Waals surface area contributed by atoms with E-state index in [-0.39, 0.29) is 18.3 Å². The Labute approximate surface area is 154 Å². The standard InChI is InChI=1S/C19H16N2O4S/c1-13(22)21(16-5-3-2-4-6-16)19-20-15(12-26-19)11-25-18(24)14-7-9-17(23)10-8-14/h2-10,12,23H,11H2,1H3. The lowest BCUT2D eigenvalue weighted by molar-refractivity contribution is -0.115. The van der Waals surface area contributed by atoms with E-state index < -0.39 is 5.97 Å². The Morgan fingerprint density at radius 3 is 2.46 bits per heavy atom. The Kier molecular flexibility index (Phi) is 5.28. The second-order valence-electron chi connectivity index (χ2n) is 5.43. The van der Waals surface area contributed by atoms with Crippen LogP contribution in [0.4, 0.5) is 10.8 Å². The highest BCUT2D eigenvalue weighted by Crippen LogP contribution is 2.29. The monoisotopic (exact) mass is 368 g/mol. The number of carbonyl (C=O) groups is 2. The summed E-state index contributed by atoms with van der Waals surface area (Å²) in [5.41, 5.74) is 1.62. The van der Waals surface area contributed by atoms with Crippen molar-refractivity contribution in [3.05, 3.63) is 71.2 Å². The number of thiazole rings is 1. The van der Waals surface area contributed by atoms with E-state index in [1.807, 2.05) is 30.3 Å². The molecule has 0 fully saturated rings. The van der Waals surface area contributed by atoms with Crippen molar-refractivity contribution in [2.75, 3.05) is 4.90 Å². The number of rotatable bonds is 5. The molecule has 1 aromatic heterocycles. The minimum Gasteiger partial charge on any atom is -0.508 e. The second-order valence-corrected chi connectivity index (χ2v) is 6.27. The quantitative estimate of drug-likeness (QED) is 0.691. The number of carbonyl (C=O) groups excluding carboxylic acids is 2. The summed E-state index contributed by atoms with van der Waals surface area (Å²) in [5, 5.41) is 11.5. The van der Waals surface area contributed by atoms with Gasteiger partial charge in [0, 0.05) is 12.3 Å². The third-order valence-corrected chi connectivity index (χ3v) is 4.39. The van der Waals surface area contributed by atoms with Gasteiger partial charge in [0.25, 0.3) is 0 Å². The first-order valence-corrected chi connectivity index (χ1v) is 8.69. The summed E-state index contributed by atoms with van der Waals surface area (Å²) in [6.07, 6.45) is 0. The molecule has 0 radical (unpaired) electrons. The third kappa shape index (κ3) is 4.07. The molecule has 0 bridgehead atoms. The van der Waals surface area contributed by atoms with Gasteiger partial charge in [-0.3, -0.25) is 9.69 Å². The molecule has 1 N–H and O–H groups in total. The molecule has 0 aliphatic heterocycles. The molecule has 6 nitrogen and oxygen atoms in total. The maximum atomic E-state index is 12.0. The van der Waals surface area contributed by atoms with E-state index in [0.717, 1.165) is 5.69 Å². The maximum absolute atomic E-state index is 12.0. The molecular formula is C19H16N2O4S. The van der Waals surface area contributed by atoms with Gasteiger partial charge in [0.05, 0.1) is 16.9 Å². The first-order valence-electron chi connectivity index (χ1n) is 7.81. The van der Waals surface area contributed by atoms with Gasteiger partial charge < -0.3 is 9.84 Å². The number of phenolic OH excluding ortho intramolecular Hbond substituents is 1. The molecule has 3 rings (SSSR count). The highest BCUT2D eigenvalue weighted by molar-refractivity contribution is 7.14. The first kappa shape index (κ1) is 17.6. The Morgan fingerprint density at radius 1 is 1.12 bits per heavy atom. The van der Waals surface area contributed by atoms with E-state index in [2.05, 4.69) is 4.98 Å². The summed E-state index contributed by atoms with van der Waals surface area (Å²) in [5.74, 6) is -0.583. The van der Waals surface area contributed by atoms with Crippen molar-refractivity contribution in [3.63, 3.8) is 0 Å². The lowest BCUT2D eigenvalue weighted by Crippen LogP contribution is -2.22. The predicted molar refractivity (Wildman–Crippen MR) is 98.6 cm³/mol. The van der Waals surface area contributed by atoms with Crippen LogP contribution in [0.15, 0.2) is 60.0 Å². The van der Waals surface area contributed by atoms with Gasteiger partial charge in [0.1, 0.15) is 12.4 Å². The van der Waals surface area contributed by atoms with Gasteiger partial charge in [-0.15, -0.1) is 11.3 Å². The molecule has 0 unspecified atom stereocenters. The molecule has 7 heteroatoms. The Morgan fingerprint density at radius 2 is 1.81 bits per heavy atom. The van der Waals surface area contributed by atoms with Crippen LogP contribution in [0, 0.1) is 0 Å². The van der Waals surface area contributed by atoms with Gasteiger partial charge in [0.2, 0.25) is 5.91 Å². The van der Waals surface area contributed by atoms with Crippen LogP contribution < -0.4 is 4.90 Å². The highest BCUT2D eigenvalue weighted by atomic mass is 32.1. The van der Waals surface area contributed by atoms with Gasteiger partial charge in [-0.05, 0) is 36.4 Å². The summed E-state index contributed by atoms with van der Waals surface area (Å²) in [6, 6.07) is 15.0. The largest absolute Gasteiger partial charge is 0.508 e. The average Bonchev–Trinajstić information content (AvgIpc) is 3.09. The van der Waals surface area contributed by atoms with Crippen LogP contribution in [0.2, 0.25) is 0 Å². The van der Waals surface area contributed by atoms with Crippen LogP contribution in [0.3, 0.4) is 0 Å². The van der Waals surface area contributed by atoms with Crippen LogP contribution in [-0.4, -0.2) is 22.0 Å². The highest BCUT2D eigenvalue weighted by Gasteiger charge is 2.18. The van der Waals surface area contributed by atoms with Gasteiger partial charge >= 0.3 is 5.97 Å². The zero-order valence-corrected chi connectivity index (χ0v) is 14.8. The summed E-state index contributed by atoms with van der Waals surface area (Å²) >= 11 is 1.30. The van der Waals surface area contributed by atoms with Crippen LogP contribution in [-0.2, 0) is 16.1 Å². The minimum absolute atomic E-state index is 0.00323. The second kappa shape index (κ2) is 7.79. The number of nitrogens with zero attached hydrogens (tertiary/aromatic N) is 2. The Balaban J connectivity index is 1.70. The third-order valence-electron chi connectivity index (χ3n) is 3.51. The number of amides is 1. The number of anilines is 2.